The standard InChI is InChI=1S/C31H58O4/c1-3-5-7-9-11-12-13-14-15-16-18-24-28-31(34)35-29(25-21-17-10-8-6-4-2)26-22-19-20-23-27-30(32)33/h21,25,29H,3-20,22-24,26-28H2,1-2H3,(H,32,33)/b25-21-. The summed E-state index contributed by atoms with van der Waals surface area (Å²) >= 11 is 0. The third-order valence-corrected chi connectivity index (χ3v) is 6.72. The summed E-state index contributed by atoms with van der Waals surface area (Å²) in [4.78, 5) is 23.0. The molecule has 0 aromatic heterocycles. The van der Waals surface area contributed by atoms with Crippen LogP contribution in [-0.2, 0) is 14.3 Å². The van der Waals surface area contributed by atoms with E-state index in [9.17, 15) is 9.59 Å². The number of carboxylic acids is 1. The van der Waals surface area contributed by atoms with Crippen molar-refractivity contribution in [3.8, 4) is 0 Å². The van der Waals surface area contributed by atoms with E-state index in [2.05, 4.69) is 26.0 Å². The van der Waals surface area contributed by atoms with E-state index in [0.29, 0.717) is 6.42 Å². The molecule has 206 valence electrons. The van der Waals surface area contributed by atoms with Gasteiger partial charge in [-0.15, -0.1) is 0 Å². The highest BCUT2D eigenvalue weighted by Gasteiger charge is 2.11. The molecule has 0 aliphatic heterocycles. The smallest absolute Gasteiger partial charge is 0.306 e. The minimum absolute atomic E-state index is 0.0661. The first-order chi connectivity index (χ1) is 17.1. The predicted octanol–water partition coefficient (Wildman–Crippen LogP) is 9.94. The molecule has 0 amide bonds. The van der Waals surface area contributed by atoms with Crippen LogP contribution in [-0.4, -0.2) is 23.1 Å². The minimum atomic E-state index is -0.722. The van der Waals surface area contributed by atoms with E-state index in [1.54, 1.807) is 0 Å². The lowest BCUT2D eigenvalue weighted by atomic mass is 10.0. The summed E-state index contributed by atoms with van der Waals surface area (Å²) in [7, 11) is 0. The fourth-order valence-corrected chi connectivity index (χ4v) is 4.44. The van der Waals surface area contributed by atoms with Crippen LogP contribution in [0.2, 0.25) is 0 Å². The van der Waals surface area contributed by atoms with Crippen LogP contribution >= 0.6 is 0 Å². The van der Waals surface area contributed by atoms with Gasteiger partial charge in [0.1, 0.15) is 6.10 Å². The summed E-state index contributed by atoms with van der Waals surface area (Å²) in [5.41, 5.74) is 0. The van der Waals surface area contributed by atoms with Gasteiger partial charge in [-0.2, -0.15) is 0 Å². The summed E-state index contributed by atoms with van der Waals surface area (Å²) in [5, 5.41) is 8.75. The Bertz CT molecular complexity index is 500. The Morgan fingerprint density at radius 1 is 0.629 bits per heavy atom. The maximum atomic E-state index is 12.4. The van der Waals surface area contributed by atoms with Gasteiger partial charge in [-0.3, -0.25) is 9.59 Å². The molecule has 1 unspecified atom stereocenters. The highest BCUT2D eigenvalue weighted by atomic mass is 16.5. The van der Waals surface area contributed by atoms with Gasteiger partial charge in [0.25, 0.3) is 0 Å². The van der Waals surface area contributed by atoms with Crippen molar-refractivity contribution in [3.63, 3.8) is 0 Å². The molecule has 0 rings (SSSR count). The van der Waals surface area contributed by atoms with Crippen molar-refractivity contribution >= 4 is 11.9 Å². The summed E-state index contributed by atoms with van der Waals surface area (Å²) in [6.45, 7) is 4.49. The van der Waals surface area contributed by atoms with E-state index in [4.69, 9.17) is 9.84 Å². The van der Waals surface area contributed by atoms with Crippen molar-refractivity contribution < 1.29 is 19.4 Å². The number of carboxylic acid groups (broad SMARTS) is 1. The number of esters is 1. The van der Waals surface area contributed by atoms with Gasteiger partial charge in [0.05, 0.1) is 0 Å². The SMILES string of the molecule is CCCCCC/C=C\C(CCCCCCC(=O)O)OC(=O)CCCCCCCCCCCCCC. The van der Waals surface area contributed by atoms with E-state index >= 15 is 0 Å². The topological polar surface area (TPSA) is 63.6 Å². The third kappa shape index (κ3) is 27.1. The molecule has 0 saturated heterocycles. The predicted molar refractivity (Wildman–Crippen MR) is 149 cm³/mol. The van der Waals surface area contributed by atoms with Gasteiger partial charge in [-0.1, -0.05) is 123 Å². The molecule has 35 heavy (non-hydrogen) atoms. The van der Waals surface area contributed by atoms with Crippen molar-refractivity contribution in [3.05, 3.63) is 12.2 Å². The van der Waals surface area contributed by atoms with Crippen LogP contribution < -0.4 is 0 Å². The molecule has 0 aromatic rings. The van der Waals surface area contributed by atoms with E-state index < -0.39 is 5.97 Å². The summed E-state index contributed by atoms with van der Waals surface area (Å²) in [5.74, 6) is -0.788. The van der Waals surface area contributed by atoms with E-state index in [-0.39, 0.29) is 18.5 Å². The molecule has 0 aliphatic rings. The number of hydrogen-bond acceptors (Lipinski definition) is 3. The van der Waals surface area contributed by atoms with E-state index in [1.165, 1.54) is 89.9 Å². The Balaban J connectivity index is 3.99. The summed E-state index contributed by atoms with van der Waals surface area (Å²) in [6, 6.07) is 0. The largest absolute Gasteiger partial charge is 0.481 e. The quantitative estimate of drug-likeness (QED) is 0.0701. The Hall–Kier alpha value is -1.32. The Morgan fingerprint density at radius 3 is 1.63 bits per heavy atom. The van der Waals surface area contributed by atoms with Gasteiger partial charge >= 0.3 is 11.9 Å². The Kier molecular flexibility index (Phi) is 26.2. The van der Waals surface area contributed by atoms with Gasteiger partial charge in [0, 0.05) is 12.8 Å². The molecule has 0 radical (unpaired) electrons. The first kappa shape index (κ1) is 33.7. The lowest BCUT2D eigenvalue weighted by Crippen LogP contribution is -2.16. The van der Waals surface area contributed by atoms with E-state index in [1.807, 2.05) is 0 Å². The number of hydrogen-bond donors (Lipinski definition) is 1. The maximum Gasteiger partial charge on any atom is 0.306 e. The number of rotatable bonds is 27. The number of unbranched alkanes of at least 4 members (excludes halogenated alkanes) is 18. The molecule has 4 heteroatoms. The Labute approximate surface area is 217 Å². The second-order valence-electron chi connectivity index (χ2n) is 10.3. The second-order valence-corrected chi connectivity index (χ2v) is 10.3. The molecular weight excluding hydrogens is 436 g/mol. The molecule has 1 atom stereocenters. The zero-order valence-electron chi connectivity index (χ0n) is 23.4. The first-order valence-electron chi connectivity index (χ1n) is 15.2. The molecule has 1 N–H and O–H groups in total. The minimum Gasteiger partial charge on any atom is -0.481 e. The monoisotopic (exact) mass is 494 g/mol. The van der Waals surface area contributed by atoms with Crippen molar-refractivity contribution in [2.45, 2.75) is 174 Å². The molecule has 0 spiro atoms. The van der Waals surface area contributed by atoms with Gasteiger partial charge in [-0.05, 0) is 44.6 Å². The van der Waals surface area contributed by atoms with Crippen molar-refractivity contribution in [2.75, 3.05) is 0 Å². The summed E-state index contributed by atoms with van der Waals surface area (Å²) < 4.78 is 5.80. The molecule has 0 heterocycles. The normalized spacial score (nSPS) is 12.3. The molecule has 0 aromatic carbocycles. The lowest BCUT2D eigenvalue weighted by Gasteiger charge is -2.15. The summed E-state index contributed by atoms with van der Waals surface area (Å²) in [6.07, 6.45) is 30.9. The van der Waals surface area contributed by atoms with Crippen molar-refractivity contribution in [2.24, 2.45) is 0 Å². The first-order valence-corrected chi connectivity index (χ1v) is 15.2. The Morgan fingerprint density at radius 2 is 1.09 bits per heavy atom. The lowest BCUT2D eigenvalue weighted by molar-refractivity contribution is -0.147. The van der Waals surface area contributed by atoms with Gasteiger partial charge in [-0.25, -0.2) is 0 Å². The maximum absolute atomic E-state index is 12.4. The van der Waals surface area contributed by atoms with Crippen LogP contribution in [0.4, 0.5) is 0 Å². The van der Waals surface area contributed by atoms with Crippen LogP contribution in [0.15, 0.2) is 12.2 Å². The van der Waals surface area contributed by atoms with Crippen LogP contribution in [0.5, 0.6) is 0 Å². The van der Waals surface area contributed by atoms with Gasteiger partial charge in [0.2, 0.25) is 0 Å². The van der Waals surface area contributed by atoms with Crippen LogP contribution in [0.1, 0.15) is 168 Å². The zero-order chi connectivity index (χ0) is 25.8. The van der Waals surface area contributed by atoms with Crippen molar-refractivity contribution in [1.82, 2.24) is 0 Å². The highest BCUT2D eigenvalue weighted by molar-refractivity contribution is 5.69. The fourth-order valence-electron chi connectivity index (χ4n) is 4.44. The molecule has 0 aliphatic carbocycles. The average Bonchev–Trinajstić information content (AvgIpc) is 2.83. The number of ether oxygens (including phenoxy) is 1. The highest BCUT2D eigenvalue weighted by Crippen LogP contribution is 2.15. The number of allylic oxidation sites excluding steroid dienone is 1. The van der Waals surface area contributed by atoms with Gasteiger partial charge < -0.3 is 9.84 Å². The van der Waals surface area contributed by atoms with Gasteiger partial charge in [0.15, 0.2) is 0 Å². The molecular formula is C31H58O4. The van der Waals surface area contributed by atoms with E-state index in [0.717, 1.165) is 51.4 Å². The number of carbonyl (C=O) groups is 2. The third-order valence-electron chi connectivity index (χ3n) is 6.72. The van der Waals surface area contributed by atoms with Crippen LogP contribution in [0.3, 0.4) is 0 Å². The number of carbonyl (C=O) groups excluding carboxylic acids is 1. The molecule has 0 saturated carbocycles. The zero-order valence-corrected chi connectivity index (χ0v) is 23.4. The fraction of sp³-hybridized carbons (Fsp3) is 0.871. The number of aliphatic carboxylic acids is 1. The van der Waals surface area contributed by atoms with Crippen LogP contribution in [0, 0.1) is 0 Å². The average molecular weight is 495 g/mol. The molecule has 0 fully saturated rings. The molecule has 4 nitrogen and oxygen atoms in total. The second kappa shape index (κ2) is 27.3. The molecule has 0 bridgehead atoms. The van der Waals surface area contributed by atoms with Crippen LogP contribution in [0.25, 0.3) is 0 Å². The van der Waals surface area contributed by atoms with Crippen molar-refractivity contribution in [1.29, 1.82) is 0 Å².